The van der Waals surface area contributed by atoms with Gasteiger partial charge in [0.05, 0.1) is 7.11 Å². The molecule has 0 spiro atoms. The van der Waals surface area contributed by atoms with Crippen LogP contribution in [0.5, 0.6) is 5.75 Å². The monoisotopic (exact) mass is 343 g/mol. The summed E-state index contributed by atoms with van der Waals surface area (Å²) < 4.78 is 25.0. The van der Waals surface area contributed by atoms with Gasteiger partial charge in [-0.05, 0) is 56.3 Å². The maximum absolute atomic E-state index is 14.8. The Labute approximate surface area is 142 Å². The SMILES string of the molecule is COC(=O)c1ccccc1OC(F)C1CCNCC1C1CC1.Cl. The lowest BCUT2D eigenvalue weighted by Gasteiger charge is -2.34. The van der Waals surface area contributed by atoms with E-state index in [1.165, 1.54) is 20.0 Å². The topological polar surface area (TPSA) is 47.6 Å². The van der Waals surface area contributed by atoms with Crippen LogP contribution >= 0.6 is 12.4 Å². The molecule has 128 valence electrons. The molecule has 1 aliphatic heterocycles. The van der Waals surface area contributed by atoms with E-state index >= 15 is 0 Å². The summed E-state index contributed by atoms with van der Waals surface area (Å²) in [5.74, 6) is 0.589. The van der Waals surface area contributed by atoms with Crippen molar-refractivity contribution in [2.24, 2.45) is 17.8 Å². The first-order valence-electron chi connectivity index (χ1n) is 7.89. The lowest BCUT2D eigenvalue weighted by Crippen LogP contribution is -2.43. The molecule has 3 unspecified atom stereocenters. The van der Waals surface area contributed by atoms with Gasteiger partial charge in [-0.15, -0.1) is 12.4 Å². The summed E-state index contributed by atoms with van der Waals surface area (Å²) in [6.07, 6.45) is 1.75. The van der Waals surface area contributed by atoms with Crippen LogP contribution in [0.25, 0.3) is 0 Å². The highest BCUT2D eigenvalue weighted by molar-refractivity contribution is 5.92. The number of ether oxygens (including phenoxy) is 2. The van der Waals surface area contributed by atoms with Crippen LogP contribution in [-0.4, -0.2) is 32.5 Å². The Morgan fingerprint density at radius 3 is 2.74 bits per heavy atom. The summed E-state index contributed by atoms with van der Waals surface area (Å²) in [5, 5.41) is 3.35. The molecule has 0 amide bonds. The van der Waals surface area contributed by atoms with E-state index in [4.69, 9.17) is 9.47 Å². The van der Waals surface area contributed by atoms with Crippen LogP contribution in [0.15, 0.2) is 24.3 Å². The van der Waals surface area contributed by atoms with Gasteiger partial charge in [-0.3, -0.25) is 0 Å². The van der Waals surface area contributed by atoms with Gasteiger partial charge in [-0.25, -0.2) is 9.18 Å². The van der Waals surface area contributed by atoms with Crippen LogP contribution in [0, 0.1) is 17.8 Å². The van der Waals surface area contributed by atoms with Gasteiger partial charge in [-0.2, -0.15) is 0 Å². The molecular weight excluding hydrogens is 321 g/mol. The number of carbonyl (C=O) groups is 1. The summed E-state index contributed by atoms with van der Waals surface area (Å²) in [7, 11) is 1.31. The number of piperidine rings is 1. The summed E-state index contributed by atoms with van der Waals surface area (Å²) in [6.45, 7) is 1.67. The van der Waals surface area contributed by atoms with Crippen molar-refractivity contribution in [2.75, 3.05) is 20.2 Å². The molecule has 0 aromatic heterocycles. The van der Waals surface area contributed by atoms with Crippen molar-refractivity contribution in [1.82, 2.24) is 5.32 Å². The number of carbonyl (C=O) groups excluding carboxylic acids is 1. The second-order valence-corrected chi connectivity index (χ2v) is 6.11. The molecule has 1 N–H and O–H groups in total. The van der Waals surface area contributed by atoms with E-state index in [2.05, 4.69) is 5.32 Å². The molecule has 3 rings (SSSR count). The van der Waals surface area contributed by atoms with Gasteiger partial charge in [0.1, 0.15) is 11.3 Å². The molecule has 1 aliphatic carbocycles. The van der Waals surface area contributed by atoms with Crippen LogP contribution in [0.3, 0.4) is 0 Å². The number of rotatable bonds is 5. The molecule has 0 radical (unpaired) electrons. The Morgan fingerprint density at radius 2 is 2.04 bits per heavy atom. The van der Waals surface area contributed by atoms with E-state index in [1.54, 1.807) is 24.3 Å². The molecule has 0 bridgehead atoms. The van der Waals surface area contributed by atoms with Gasteiger partial charge in [0.15, 0.2) is 0 Å². The zero-order valence-corrected chi connectivity index (χ0v) is 14.0. The van der Waals surface area contributed by atoms with E-state index in [1.807, 2.05) is 0 Å². The van der Waals surface area contributed by atoms with E-state index in [0.717, 1.165) is 19.5 Å². The number of para-hydroxylation sites is 1. The average Bonchev–Trinajstić information content (AvgIpc) is 3.39. The molecule has 1 saturated carbocycles. The van der Waals surface area contributed by atoms with Crippen molar-refractivity contribution in [3.8, 4) is 5.75 Å². The summed E-state index contributed by atoms with van der Waals surface area (Å²) >= 11 is 0. The molecule has 4 nitrogen and oxygen atoms in total. The third-order valence-corrected chi connectivity index (χ3v) is 4.68. The molecule has 1 saturated heterocycles. The van der Waals surface area contributed by atoms with Crippen LogP contribution in [-0.2, 0) is 4.74 Å². The van der Waals surface area contributed by atoms with Crippen LogP contribution in [0.4, 0.5) is 4.39 Å². The molecular formula is C17H23ClFNO3. The van der Waals surface area contributed by atoms with Gasteiger partial charge in [0.2, 0.25) is 6.36 Å². The summed E-state index contributed by atoms with van der Waals surface area (Å²) in [6, 6.07) is 6.65. The van der Waals surface area contributed by atoms with Crippen LogP contribution < -0.4 is 10.1 Å². The molecule has 3 atom stereocenters. The highest BCUT2D eigenvalue weighted by Gasteiger charge is 2.42. The predicted octanol–water partition coefficient (Wildman–Crippen LogP) is 3.21. The largest absolute Gasteiger partial charge is 0.465 e. The first-order chi connectivity index (χ1) is 10.7. The normalized spacial score (nSPS) is 25.1. The van der Waals surface area contributed by atoms with E-state index in [0.29, 0.717) is 11.8 Å². The van der Waals surface area contributed by atoms with Gasteiger partial charge in [0.25, 0.3) is 0 Å². The second-order valence-electron chi connectivity index (χ2n) is 6.11. The maximum Gasteiger partial charge on any atom is 0.341 e. The minimum absolute atomic E-state index is 0. The molecule has 1 aromatic carbocycles. The fraction of sp³-hybridized carbons (Fsp3) is 0.588. The molecule has 2 fully saturated rings. The van der Waals surface area contributed by atoms with Crippen LogP contribution in [0.1, 0.15) is 29.6 Å². The van der Waals surface area contributed by atoms with Gasteiger partial charge in [-0.1, -0.05) is 12.1 Å². The Hall–Kier alpha value is -1.33. The van der Waals surface area contributed by atoms with Gasteiger partial charge in [0, 0.05) is 5.92 Å². The number of nitrogens with one attached hydrogen (secondary N) is 1. The minimum atomic E-state index is -1.39. The van der Waals surface area contributed by atoms with Crippen molar-refractivity contribution in [1.29, 1.82) is 0 Å². The molecule has 6 heteroatoms. The van der Waals surface area contributed by atoms with Crippen LogP contribution in [0.2, 0.25) is 0 Å². The number of alkyl halides is 1. The van der Waals surface area contributed by atoms with E-state index < -0.39 is 12.3 Å². The lowest BCUT2D eigenvalue weighted by molar-refractivity contribution is -0.0292. The Balaban J connectivity index is 0.00000192. The fourth-order valence-electron chi connectivity index (χ4n) is 3.33. The number of esters is 1. The number of benzene rings is 1. The Kier molecular flexibility index (Phi) is 6.25. The Bertz CT molecular complexity index is 538. The molecule has 2 aliphatic rings. The van der Waals surface area contributed by atoms with Crippen molar-refractivity contribution in [3.63, 3.8) is 0 Å². The van der Waals surface area contributed by atoms with Crippen molar-refractivity contribution >= 4 is 18.4 Å². The van der Waals surface area contributed by atoms with Gasteiger partial charge >= 0.3 is 5.97 Å². The fourth-order valence-corrected chi connectivity index (χ4v) is 3.33. The highest BCUT2D eigenvalue weighted by Crippen LogP contribution is 2.44. The smallest absolute Gasteiger partial charge is 0.341 e. The number of methoxy groups -OCH3 is 1. The quantitative estimate of drug-likeness (QED) is 0.834. The minimum Gasteiger partial charge on any atom is -0.465 e. The van der Waals surface area contributed by atoms with E-state index in [-0.39, 0.29) is 29.6 Å². The molecule has 23 heavy (non-hydrogen) atoms. The molecule has 1 aromatic rings. The molecule has 1 heterocycles. The standard InChI is InChI=1S/C17H22FNO3.ClH/c1-21-17(20)13-4-2-3-5-15(13)22-16(18)12-8-9-19-10-14(12)11-6-7-11;/h2-5,11-12,14,16,19H,6-10H2,1H3;1H. The second kappa shape index (κ2) is 7.97. The van der Waals surface area contributed by atoms with Crippen molar-refractivity contribution in [3.05, 3.63) is 29.8 Å². The maximum atomic E-state index is 14.8. The third-order valence-electron chi connectivity index (χ3n) is 4.68. The first kappa shape index (κ1) is 18.0. The Morgan fingerprint density at radius 1 is 1.30 bits per heavy atom. The summed E-state index contributed by atoms with van der Waals surface area (Å²) in [4.78, 5) is 11.7. The lowest BCUT2D eigenvalue weighted by atomic mass is 9.83. The predicted molar refractivity (Wildman–Crippen MR) is 87.7 cm³/mol. The van der Waals surface area contributed by atoms with Crippen molar-refractivity contribution < 1.29 is 18.7 Å². The number of hydrogen-bond acceptors (Lipinski definition) is 4. The van der Waals surface area contributed by atoms with Gasteiger partial charge < -0.3 is 14.8 Å². The third kappa shape index (κ3) is 4.15. The van der Waals surface area contributed by atoms with E-state index in [9.17, 15) is 9.18 Å². The number of hydrogen-bond donors (Lipinski definition) is 1. The highest BCUT2D eigenvalue weighted by atomic mass is 35.5. The number of halogens is 2. The zero-order valence-electron chi connectivity index (χ0n) is 13.2. The van der Waals surface area contributed by atoms with Crippen molar-refractivity contribution in [2.45, 2.75) is 25.6 Å². The summed E-state index contributed by atoms with van der Waals surface area (Å²) in [5.41, 5.74) is 0.268. The zero-order chi connectivity index (χ0) is 15.5. The first-order valence-corrected chi connectivity index (χ1v) is 7.89. The average molecular weight is 344 g/mol.